The summed E-state index contributed by atoms with van der Waals surface area (Å²) in [6.07, 6.45) is 4.41. The van der Waals surface area contributed by atoms with Gasteiger partial charge in [0.2, 0.25) is 5.91 Å². The van der Waals surface area contributed by atoms with Gasteiger partial charge in [-0.3, -0.25) is 4.79 Å². The quantitative estimate of drug-likeness (QED) is 0.213. The van der Waals surface area contributed by atoms with Gasteiger partial charge in [0.25, 0.3) is 0 Å². The van der Waals surface area contributed by atoms with Crippen molar-refractivity contribution in [2.45, 2.75) is 19.8 Å². The Balaban J connectivity index is 0.00000420. The van der Waals surface area contributed by atoms with Crippen LogP contribution >= 0.6 is 47.3 Å². The molecule has 1 fully saturated rings. The molecule has 1 aliphatic rings. The lowest BCUT2D eigenvalue weighted by Crippen LogP contribution is -2.49. The second-order valence-electron chi connectivity index (χ2n) is 6.67. The molecule has 6 nitrogen and oxygen atoms in total. The molecule has 1 aliphatic heterocycles. The highest BCUT2D eigenvalue weighted by Crippen LogP contribution is 2.19. The zero-order valence-electron chi connectivity index (χ0n) is 17.3. The Kier molecular flexibility index (Phi) is 13.5. The van der Waals surface area contributed by atoms with E-state index in [1.807, 2.05) is 47.9 Å². The maximum Gasteiger partial charge on any atom is 0.244 e. The Morgan fingerprint density at radius 3 is 2.45 bits per heavy atom. The summed E-state index contributed by atoms with van der Waals surface area (Å²) in [4.78, 5) is 21.2. The summed E-state index contributed by atoms with van der Waals surface area (Å²) in [7, 11) is 0. The SMILES string of the molecule is CCNC(=NCC(=O)N1CCN(c2ccc(Cl)cc2)CC1)NCCCCSC.I. The van der Waals surface area contributed by atoms with Gasteiger partial charge in [0, 0.05) is 50.0 Å². The van der Waals surface area contributed by atoms with Gasteiger partial charge in [-0.1, -0.05) is 11.6 Å². The minimum absolute atomic E-state index is 0. The minimum Gasteiger partial charge on any atom is -0.368 e. The van der Waals surface area contributed by atoms with Gasteiger partial charge < -0.3 is 20.4 Å². The molecule has 0 saturated carbocycles. The van der Waals surface area contributed by atoms with Crippen molar-refractivity contribution in [1.82, 2.24) is 15.5 Å². The second kappa shape index (κ2) is 15.0. The number of thioether (sulfide) groups is 1. The van der Waals surface area contributed by atoms with Crippen molar-refractivity contribution in [3.05, 3.63) is 29.3 Å². The summed E-state index contributed by atoms with van der Waals surface area (Å²) in [6, 6.07) is 7.86. The fourth-order valence-corrected chi connectivity index (χ4v) is 3.65. The lowest BCUT2D eigenvalue weighted by molar-refractivity contribution is -0.129. The molecular weight excluding hydrogens is 521 g/mol. The van der Waals surface area contributed by atoms with Crippen molar-refractivity contribution in [3.63, 3.8) is 0 Å². The van der Waals surface area contributed by atoms with E-state index in [1.165, 1.54) is 12.2 Å². The molecule has 0 spiro atoms. The standard InChI is InChI=1S/C20H32ClN5OS.HI/c1-3-22-20(23-10-4-5-15-28-2)24-16-19(27)26-13-11-25(12-14-26)18-8-6-17(21)7-9-18;/h6-9H,3-5,10-16H2,1-2H3,(H2,22,23,24);1H. The van der Waals surface area contributed by atoms with Crippen LogP contribution in [0.5, 0.6) is 0 Å². The molecule has 2 rings (SSSR count). The Morgan fingerprint density at radius 2 is 1.83 bits per heavy atom. The van der Waals surface area contributed by atoms with Crippen LogP contribution in [0.3, 0.4) is 0 Å². The smallest absolute Gasteiger partial charge is 0.244 e. The summed E-state index contributed by atoms with van der Waals surface area (Å²) >= 11 is 7.82. The number of guanidine groups is 1. The predicted molar refractivity (Wildman–Crippen MR) is 137 cm³/mol. The number of nitrogens with one attached hydrogen (secondary N) is 2. The van der Waals surface area contributed by atoms with Crippen LogP contribution in [0.25, 0.3) is 0 Å². The molecule has 2 N–H and O–H groups in total. The van der Waals surface area contributed by atoms with E-state index in [4.69, 9.17) is 11.6 Å². The molecule has 1 heterocycles. The Bertz CT molecular complexity index is 624. The van der Waals surface area contributed by atoms with Crippen LogP contribution in [0.4, 0.5) is 5.69 Å². The highest BCUT2D eigenvalue weighted by molar-refractivity contribution is 14.0. The average Bonchev–Trinajstić information content (AvgIpc) is 2.72. The van der Waals surface area contributed by atoms with Crippen molar-refractivity contribution in [3.8, 4) is 0 Å². The number of amides is 1. The number of anilines is 1. The predicted octanol–water partition coefficient (Wildman–Crippen LogP) is 3.30. The first-order chi connectivity index (χ1) is 13.6. The number of carbonyl (C=O) groups excluding carboxylic acids is 1. The summed E-state index contributed by atoms with van der Waals surface area (Å²) in [5, 5.41) is 7.26. The van der Waals surface area contributed by atoms with E-state index in [0.717, 1.165) is 62.4 Å². The van der Waals surface area contributed by atoms with Crippen LogP contribution in [-0.4, -0.2) is 74.6 Å². The number of carbonyl (C=O) groups is 1. The second-order valence-corrected chi connectivity index (χ2v) is 8.09. The maximum atomic E-state index is 12.5. The highest BCUT2D eigenvalue weighted by atomic mass is 127. The van der Waals surface area contributed by atoms with Crippen LogP contribution < -0.4 is 15.5 Å². The first kappa shape index (κ1) is 26.2. The molecule has 1 aromatic carbocycles. The van der Waals surface area contributed by atoms with E-state index < -0.39 is 0 Å². The zero-order valence-corrected chi connectivity index (χ0v) is 21.2. The number of nitrogens with zero attached hydrogens (tertiary/aromatic N) is 3. The van der Waals surface area contributed by atoms with Crippen molar-refractivity contribution in [1.29, 1.82) is 0 Å². The number of benzene rings is 1. The van der Waals surface area contributed by atoms with Crippen molar-refractivity contribution in [2.24, 2.45) is 4.99 Å². The van der Waals surface area contributed by atoms with E-state index in [9.17, 15) is 4.79 Å². The first-order valence-corrected chi connectivity index (χ1v) is 11.7. The average molecular weight is 554 g/mol. The summed E-state index contributed by atoms with van der Waals surface area (Å²) in [5.41, 5.74) is 1.15. The van der Waals surface area contributed by atoms with Gasteiger partial charge in [-0.15, -0.1) is 24.0 Å². The van der Waals surface area contributed by atoms with Gasteiger partial charge in [0.15, 0.2) is 5.96 Å². The fourth-order valence-electron chi connectivity index (χ4n) is 3.03. The van der Waals surface area contributed by atoms with Gasteiger partial charge in [-0.2, -0.15) is 11.8 Å². The third kappa shape index (κ3) is 9.65. The first-order valence-electron chi connectivity index (χ1n) is 9.93. The molecule has 1 saturated heterocycles. The van der Waals surface area contributed by atoms with Gasteiger partial charge in [-0.05, 0) is 56.0 Å². The molecule has 0 aliphatic carbocycles. The third-order valence-electron chi connectivity index (χ3n) is 4.61. The number of rotatable bonds is 9. The number of hydrogen-bond acceptors (Lipinski definition) is 4. The van der Waals surface area contributed by atoms with Crippen LogP contribution in [0.2, 0.25) is 5.02 Å². The molecular formula is C20H33ClIN5OS. The molecule has 9 heteroatoms. The van der Waals surface area contributed by atoms with Gasteiger partial charge >= 0.3 is 0 Å². The molecule has 164 valence electrons. The monoisotopic (exact) mass is 553 g/mol. The summed E-state index contributed by atoms with van der Waals surface area (Å²) in [6.45, 7) is 6.95. The molecule has 0 unspecified atom stereocenters. The molecule has 1 amide bonds. The van der Waals surface area contributed by atoms with Crippen LogP contribution in [0.1, 0.15) is 19.8 Å². The molecule has 0 radical (unpaired) electrons. The summed E-state index contributed by atoms with van der Waals surface area (Å²) < 4.78 is 0. The van der Waals surface area contributed by atoms with E-state index in [2.05, 4.69) is 26.8 Å². The largest absolute Gasteiger partial charge is 0.368 e. The van der Waals surface area contributed by atoms with Crippen LogP contribution in [0.15, 0.2) is 29.3 Å². The number of hydrogen-bond donors (Lipinski definition) is 2. The molecule has 0 bridgehead atoms. The third-order valence-corrected chi connectivity index (χ3v) is 5.56. The molecule has 0 atom stereocenters. The maximum absolute atomic E-state index is 12.5. The molecule has 0 aromatic heterocycles. The molecule has 1 aromatic rings. The number of halogens is 2. The van der Waals surface area contributed by atoms with Gasteiger partial charge in [0.05, 0.1) is 0 Å². The van der Waals surface area contributed by atoms with Gasteiger partial charge in [-0.25, -0.2) is 4.99 Å². The highest BCUT2D eigenvalue weighted by Gasteiger charge is 2.21. The Hall–Kier alpha value is -0.870. The Morgan fingerprint density at radius 1 is 1.14 bits per heavy atom. The fraction of sp³-hybridized carbons (Fsp3) is 0.600. The topological polar surface area (TPSA) is 60.0 Å². The van der Waals surface area contributed by atoms with E-state index in [-0.39, 0.29) is 36.4 Å². The van der Waals surface area contributed by atoms with Gasteiger partial charge in [0.1, 0.15) is 6.54 Å². The van der Waals surface area contributed by atoms with E-state index in [0.29, 0.717) is 0 Å². The van der Waals surface area contributed by atoms with Crippen molar-refractivity contribution < 1.29 is 4.79 Å². The zero-order chi connectivity index (χ0) is 20.2. The number of unbranched alkanes of at least 4 members (excludes halogenated alkanes) is 1. The number of aliphatic imine (C=N–C) groups is 1. The van der Waals surface area contributed by atoms with Crippen LogP contribution in [-0.2, 0) is 4.79 Å². The number of piperazine rings is 1. The lowest BCUT2D eigenvalue weighted by atomic mass is 10.2. The van der Waals surface area contributed by atoms with E-state index >= 15 is 0 Å². The molecule has 29 heavy (non-hydrogen) atoms. The summed E-state index contributed by atoms with van der Waals surface area (Å²) in [5.74, 6) is 1.98. The van der Waals surface area contributed by atoms with Crippen molar-refractivity contribution in [2.75, 3.05) is 62.7 Å². The normalized spacial score (nSPS) is 14.4. The minimum atomic E-state index is 0. The van der Waals surface area contributed by atoms with Crippen LogP contribution in [0, 0.1) is 0 Å². The lowest BCUT2D eigenvalue weighted by Gasteiger charge is -2.36. The van der Waals surface area contributed by atoms with Crippen molar-refractivity contribution >= 4 is 64.9 Å². The van der Waals surface area contributed by atoms with E-state index in [1.54, 1.807) is 0 Å². The Labute approximate surface area is 201 Å².